The Morgan fingerprint density at radius 2 is 2.00 bits per heavy atom. The lowest BCUT2D eigenvalue weighted by Crippen LogP contribution is -2.36. The summed E-state index contributed by atoms with van der Waals surface area (Å²) in [6.07, 6.45) is 1.51. The zero-order chi connectivity index (χ0) is 19.5. The van der Waals surface area contributed by atoms with Crippen molar-refractivity contribution in [2.24, 2.45) is 0 Å². The van der Waals surface area contributed by atoms with Gasteiger partial charge in [-0.2, -0.15) is 4.98 Å². The van der Waals surface area contributed by atoms with Gasteiger partial charge < -0.3 is 15.0 Å². The van der Waals surface area contributed by atoms with Gasteiger partial charge in [-0.3, -0.25) is 4.79 Å². The third-order valence-electron chi connectivity index (χ3n) is 4.51. The molecule has 0 spiro atoms. The highest BCUT2D eigenvalue weighted by Crippen LogP contribution is 2.34. The van der Waals surface area contributed by atoms with Gasteiger partial charge in [-0.05, 0) is 25.0 Å². The molecule has 0 bridgehead atoms. The van der Waals surface area contributed by atoms with Crippen LogP contribution in [-0.4, -0.2) is 52.9 Å². The van der Waals surface area contributed by atoms with Crippen molar-refractivity contribution in [2.75, 3.05) is 42.3 Å². The quantitative estimate of drug-likeness (QED) is 0.506. The van der Waals surface area contributed by atoms with E-state index in [9.17, 15) is 4.79 Å². The number of carbonyl (C=O) groups is 1. The van der Waals surface area contributed by atoms with Crippen LogP contribution >= 0.6 is 23.1 Å². The highest BCUT2D eigenvalue weighted by Gasteiger charge is 2.18. The molecule has 0 radical (unpaired) electrons. The fraction of sp³-hybridized carbons (Fsp3) is 0.368. The summed E-state index contributed by atoms with van der Waals surface area (Å²) in [4.78, 5) is 28.0. The van der Waals surface area contributed by atoms with Crippen LogP contribution in [0.2, 0.25) is 0 Å². The number of ether oxygens (including phenoxy) is 1. The van der Waals surface area contributed by atoms with Gasteiger partial charge in [-0.15, -0.1) is 0 Å². The number of morpholine rings is 1. The molecule has 1 amide bonds. The molecular formula is C19H21N5O2S2. The normalized spacial score (nSPS) is 14.4. The van der Waals surface area contributed by atoms with Crippen molar-refractivity contribution in [3.05, 3.63) is 35.7 Å². The van der Waals surface area contributed by atoms with Gasteiger partial charge in [0.25, 0.3) is 0 Å². The second-order valence-corrected chi connectivity index (χ2v) is 8.47. The lowest BCUT2D eigenvalue weighted by molar-refractivity contribution is -0.113. The van der Waals surface area contributed by atoms with Crippen LogP contribution in [0.25, 0.3) is 10.3 Å². The van der Waals surface area contributed by atoms with E-state index < -0.39 is 0 Å². The first-order chi connectivity index (χ1) is 13.6. The minimum absolute atomic E-state index is 0.0490. The Morgan fingerprint density at radius 1 is 1.25 bits per heavy atom. The van der Waals surface area contributed by atoms with E-state index in [1.165, 1.54) is 18.1 Å². The van der Waals surface area contributed by atoms with Crippen LogP contribution in [0.1, 0.15) is 11.1 Å². The molecule has 0 saturated carbocycles. The molecule has 0 aliphatic carbocycles. The maximum Gasteiger partial charge on any atom is 0.234 e. The van der Waals surface area contributed by atoms with Crippen LogP contribution in [0.3, 0.4) is 0 Å². The smallest absolute Gasteiger partial charge is 0.234 e. The number of hydrogen-bond donors (Lipinski definition) is 1. The van der Waals surface area contributed by atoms with Gasteiger partial charge >= 0.3 is 0 Å². The Balaban J connectivity index is 1.47. The number of thioether (sulfide) groups is 1. The summed E-state index contributed by atoms with van der Waals surface area (Å²) in [5, 5.41) is 4.74. The number of rotatable bonds is 5. The molecule has 3 aromatic rings. The van der Waals surface area contributed by atoms with Gasteiger partial charge in [0.2, 0.25) is 5.91 Å². The molecule has 9 heteroatoms. The van der Waals surface area contributed by atoms with Crippen LogP contribution in [0.5, 0.6) is 0 Å². The average Bonchev–Trinajstić information content (AvgIpc) is 3.15. The molecule has 1 N–H and O–H groups in total. The second-order valence-electron chi connectivity index (χ2n) is 6.53. The van der Waals surface area contributed by atoms with Crippen molar-refractivity contribution in [1.82, 2.24) is 15.0 Å². The van der Waals surface area contributed by atoms with Gasteiger partial charge in [-0.25, -0.2) is 9.97 Å². The maximum absolute atomic E-state index is 12.5. The second kappa shape index (κ2) is 8.42. The van der Waals surface area contributed by atoms with E-state index in [4.69, 9.17) is 4.74 Å². The SMILES string of the molecule is Cc1cccc(C)c1NC(=O)CSc1ncnc2nc(N3CCOCC3)sc12. The number of benzene rings is 1. The minimum Gasteiger partial charge on any atom is -0.378 e. The fourth-order valence-electron chi connectivity index (χ4n) is 3.04. The van der Waals surface area contributed by atoms with Crippen LogP contribution < -0.4 is 10.2 Å². The molecule has 1 saturated heterocycles. The van der Waals surface area contributed by atoms with E-state index >= 15 is 0 Å². The van der Waals surface area contributed by atoms with Crippen LogP contribution in [0, 0.1) is 13.8 Å². The number of nitrogens with zero attached hydrogens (tertiary/aromatic N) is 4. The van der Waals surface area contributed by atoms with Crippen molar-refractivity contribution < 1.29 is 9.53 Å². The average molecular weight is 416 g/mol. The monoisotopic (exact) mass is 415 g/mol. The molecule has 1 fully saturated rings. The van der Waals surface area contributed by atoms with Crippen molar-refractivity contribution >= 4 is 50.2 Å². The number of nitrogens with one attached hydrogen (secondary N) is 1. The molecule has 28 heavy (non-hydrogen) atoms. The number of anilines is 2. The van der Waals surface area contributed by atoms with Gasteiger partial charge in [-0.1, -0.05) is 41.3 Å². The topological polar surface area (TPSA) is 80.2 Å². The van der Waals surface area contributed by atoms with Crippen LogP contribution in [0.15, 0.2) is 29.6 Å². The Bertz CT molecular complexity index is 981. The predicted octanol–water partition coefficient (Wildman–Crippen LogP) is 3.27. The molecule has 2 aromatic heterocycles. The molecule has 4 rings (SSSR count). The third kappa shape index (κ3) is 4.11. The predicted molar refractivity (Wildman–Crippen MR) is 114 cm³/mol. The van der Waals surface area contributed by atoms with E-state index in [1.807, 2.05) is 32.0 Å². The van der Waals surface area contributed by atoms with Crippen LogP contribution in [0.4, 0.5) is 10.8 Å². The zero-order valence-electron chi connectivity index (χ0n) is 15.8. The molecule has 1 aromatic carbocycles. The number of para-hydroxylation sites is 1. The Hall–Kier alpha value is -2.23. The Labute approximate surface area is 171 Å². The lowest BCUT2D eigenvalue weighted by Gasteiger charge is -2.25. The largest absolute Gasteiger partial charge is 0.378 e. The molecule has 7 nitrogen and oxygen atoms in total. The van der Waals surface area contributed by atoms with Gasteiger partial charge in [0.05, 0.1) is 19.0 Å². The number of amides is 1. The Morgan fingerprint density at radius 3 is 2.75 bits per heavy atom. The maximum atomic E-state index is 12.5. The molecule has 0 atom stereocenters. The number of fused-ring (bicyclic) bond motifs is 1. The van der Waals surface area contributed by atoms with Crippen molar-refractivity contribution in [2.45, 2.75) is 18.9 Å². The molecular weight excluding hydrogens is 394 g/mol. The third-order valence-corrected chi connectivity index (χ3v) is 6.75. The molecule has 0 unspecified atom stereocenters. The molecule has 1 aliphatic heterocycles. The lowest BCUT2D eigenvalue weighted by atomic mass is 10.1. The summed E-state index contributed by atoms with van der Waals surface area (Å²) in [5.74, 6) is 0.233. The number of carbonyl (C=O) groups excluding carboxylic acids is 1. The summed E-state index contributed by atoms with van der Waals surface area (Å²) in [6.45, 7) is 7.06. The summed E-state index contributed by atoms with van der Waals surface area (Å²) in [7, 11) is 0. The van der Waals surface area contributed by atoms with Gasteiger partial charge in [0, 0.05) is 18.8 Å². The number of hydrogen-bond acceptors (Lipinski definition) is 8. The zero-order valence-corrected chi connectivity index (χ0v) is 17.4. The number of aromatic nitrogens is 3. The number of thiazole rings is 1. The first-order valence-electron chi connectivity index (χ1n) is 9.05. The summed E-state index contributed by atoms with van der Waals surface area (Å²) in [6, 6.07) is 5.98. The fourth-order valence-corrected chi connectivity index (χ4v) is 4.98. The van der Waals surface area contributed by atoms with E-state index in [2.05, 4.69) is 25.2 Å². The highest BCUT2D eigenvalue weighted by molar-refractivity contribution is 8.00. The summed E-state index contributed by atoms with van der Waals surface area (Å²) in [5.41, 5.74) is 3.67. The highest BCUT2D eigenvalue weighted by atomic mass is 32.2. The molecule has 3 heterocycles. The van der Waals surface area contributed by atoms with Crippen LogP contribution in [-0.2, 0) is 9.53 Å². The van der Waals surface area contributed by atoms with Gasteiger partial charge in [0.15, 0.2) is 10.8 Å². The van der Waals surface area contributed by atoms with E-state index in [0.717, 1.165) is 44.8 Å². The summed E-state index contributed by atoms with van der Waals surface area (Å²) >= 11 is 2.99. The number of aryl methyl sites for hydroxylation is 2. The Kier molecular flexibility index (Phi) is 5.74. The van der Waals surface area contributed by atoms with E-state index in [-0.39, 0.29) is 11.7 Å². The standard InChI is InChI=1S/C19H21N5O2S2/c1-12-4-3-5-13(2)15(12)22-14(25)10-27-18-16-17(20-11-21-18)23-19(28-16)24-6-8-26-9-7-24/h3-5,11H,6-10H2,1-2H3,(H,22,25). The first-order valence-corrected chi connectivity index (χ1v) is 10.8. The van der Waals surface area contributed by atoms with Gasteiger partial charge in [0.1, 0.15) is 16.1 Å². The first kappa shape index (κ1) is 19.1. The van der Waals surface area contributed by atoms with E-state index in [0.29, 0.717) is 18.9 Å². The van der Waals surface area contributed by atoms with Crippen molar-refractivity contribution in [1.29, 1.82) is 0 Å². The molecule has 146 valence electrons. The minimum atomic E-state index is -0.0490. The molecule has 1 aliphatic rings. The van der Waals surface area contributed by atoms with Crippen molar-refractivity contribution in [3.8, 4) is 0 Å². The van der Waals surface area contributed by atoms with E-state index in [1.54, 1.807) is 11.3 Å². The van der Waals surface area contributed by atoms with Crippen molar-refractivity contribution in [3.63, 3.8) is 0 Å². The summed E-state index contributed by atoms with van der Waals surface area (Å²) < 4.78 is 6.33.